The number of thioether (sulfide) groups is 1. The number of hydrogen-bond acceptors (Lipinski definition) is 4. The Morgan fingerprint density at radius 1 is 0.829 bits per heavy atom. The van der Waals surface area contributed by atoms with Crippen molar-refractivity contribution in [3.05, 3.63) is 59.7 Å². The maximum absolute atomic E-state index is 12.7. The van der Waals surface area contributed by atoms with Crippen LogP contribution in [0.5, 0.6) is 0 Å². The summed E-state index contributed by atoms with van der Waals surface area (Å²) in [5.74, 6) is 0.705. The molecule has 0 saturated heterocycles. The molecule has 0 spiro atoms. The van der Waals surface area contributed by atoms with E-state index in [4.69, 9.17) is 4.84 Å². The van der Waals surface area contributed by atoms with E-state index < -0.39 is 0 Å². The third-order valence-electron chi connectivity index (χ3n) is 5.91. The van der Waals surface area contributed by atoms with E-state index in [2.05, 4.69) is 19.2 Å². The molecule has 0 aliphatic heterocycles. The van der Waals surface area contributed by atoms with Crippen molar-refractivity contribution < 1.29 is 14.4 Å². The van der Waals surface area contributed by atoms with E-state index in [0.717, 1.165) is 18.6 Å². The van der Waals surface area contributed by atoms with Crippen molar-refractivity contribution in [2.45, 2.75) is 83.0 Å². The zero-order chi connectivity index (χ0) is 25.3. The average Bonchev–Trinajstić information content (AvgIpc) is 2.88. The molecule has 0 unspecified atom stereocenters. The Balaban J connectivity index is 1.79. The molecule has 0 aliphatic carbocycles. The van der Waals surface area contributed by atoms with Crippen LogP contribution in [0.3, 0.4) is 0 Å². The van der Waals surface area contributed by atoms with Crippen LogP contribution in [0.2, 0.25) is 0 Å². The predicted molar refractivity (Wildman–Crippen MR) is 147 cm³/mol. The lowest BCUT2D eigenvalue weighted by molar-refractivity contribution is -0.0955. The molecule has 0 aliphatic rings. The van der Waals surface area contributed by atoms with Crippen LogP contribution in [0.4, 0.5) is 5.69 Å². The van der Waals surface area contributed by atoms with Crippen molar-refractivity contribution in [2.24, 2.45) is 0 Å². The van der Waals surface area contributed by atoms with Crippen molar-refractivity contribution in [2.75, 3.05) is 24.7 Å². The summed E-state index contributed by atoms with van der Waals surface area (Å²) in [4.78, 5) is 31.9. The summed E-state index contributed by atoms with van der Waals surface area (Å²) >= 11 is 1.85. The van der Waals surface area contributed by atoms with E-state index in [1.807, 2.05) is 36.0 Å². The number of amides is 2. The highest BCUT2D eigenvalue weighted by Gasteiger charge is 2.16. The molecule has 0 atom stereocenters. The first-order valence-corrected chi connectivity index (χ1v) is 14.1. The number of carbonyl (C=O) groups is 2. The van der Waals surface area contributed by atoms with Crippen molar-refractivity contribution in [1.82, 2.24) is 5.06 Å². The molecule has 2 amide bonds. The molecule has 2 rings (SSSR count). The molecule has 1 N–H and O–H groups in total. The standard InChI is InChI=1S/C29H42N2O3S/c1-4-6-8-9-10-11-12-13-22-35-27-19-17-24(18-20-27)28(32)30-26-16-14-15-25(23-26)29(33)31(34-3)21-7-5-2/h14-20,23H,4-13,21-22H2,1-3H3,(H,30,32). The number of anilines is 1. The van der Waals surface area contributed by atoms with Gasteiger partial charge in [-0.25, -0.2) is 5.06 Å². The molecule has 0 aromatic heterocycles. The second-order valence-corrected chi connectivity index (χ2v) is 9.99. The summed E-state index contributed by atoms with van der Waals surface area (Å²) < 4.78 is 0. The van der Waals surface area contributed by atoms with Crippen LogP contribution < -0.4 is 5.32 Å². The number of rotatable bonds is 17. The topological polar surface area (TPSA) is 58.6 Å². The Labute approximate surface area is 216 Å². The minimum Gasteiger partial charge on any atom is -0.322 e. The smallest absolute Gasteiger partial charge is 0.277 e. The Morgan fingerprint density at radius 3 is 2.14 bits per heavy atom. The molecule has 0 saturated carbocycles. The van der Waals surface area contributed by atoms with E-state index in [9.17, 15) is 9.59 Å². The largest absolute Gasteiger partial charge is 0.322 e. The lowest BCUT2D eigenvalue weighted by Crippen LogP contribution is -2.31. The van der Waals surface area contributed by atoms with Gasteiger partial charge in [-0.2, -0.15) is 0 Å². The van der Waals surface area contributed by atoms with Gasteiger partial charge in [0.05, 0.1) is 7.11 Å². The van der Waals surface area contributed by atoms with Gasteiger partial charge in [0.15, 0.2) is 0 Å². The number of unbranched alkanes of at least 4 members (excludes halogenated alkanes) is 8. The summed E-state index contributed by atoms with van der Waals surface area (Å²) in [5.41, 5.74) is 1.66. The summed E-state index contributed by atoms with van der Waals surface area (Å²) in [5, 5.41) is 4.26. The van der Waals surface area contributed by atoms with Crippen LogP contribution in [-0.2, 0) is 4.84 Å². The van der Waals surface area contributed by atoms with Crippen LogP contribution in [0.25, 0.3) is 0 Å². The monoisotopic (exact) mass is 498 g/mol. The highest BCUT2D eigenvalue weighted by molar-refractivity contribution is 7.99. The first kappa shape index (κ1) is 28.9. The SMILES string of the molecule is CCCCCCCCCCSc1ccc(C(=O)Nc2cccc(C(=O)N(CCCC)OC)c2)cc1. The molecular weight excluding hydrogens is 456 g/mol. The fourth-order valence-electron chi connectivity index (χ4n) is 3.78. The summed E-state index contributed by atoms with van der Waals surface area (Å²) in [6, 6.07) is 14.7. The van der Waals surface area contributed by atoms with Crippen molar-refractivity contribution >= 4 is 29.3 Å². The third-order valence-corrected chi connectivity index (χ3v) is 7.01. The van der Waals surface area contributed by atoms with E-state index >= 15 is 0 Å². The number of nitrogens with one attached hydrogen (secondary N) is 1. The van der Waals surface area contributed by atoms with Crippen molar-refractivity contribution in [3.8, 4) is 0 Å². The number of benzene rings is 2. The Kier molecular flexibility index (Phi) is 14.2. The molecule has 0 bridgehead atoms. The first-order valence-electron chi connectivity index (χ1n) is 13.1. The molecule has 192 valence electrons. The summed E-state index contributed by atoms with van der Waals surface area (Å²) in [6.45, 7) is 4.85. The quantitative estimate of drug-likeness (QED) is 0.136. The summed E-state index contributed by atoms with van der Waals surface area (Å²) in [6.07, 6.45) is 12.5. The molecule has 2 aromatic rings. The lowest BCUT2D eigenvalue weighted by atomic mass is 10.1. The highest BCUT2D eigenvalue weighted by Crippen LogP contribution is 2.21. The Hall–Kier alpha value is -2.31. The maximum Gasteiger partial charge on any atom is 0.277 e. The van der Waals surface area contributed by atoms with E-state index in [-0.39, 0.29) is 11.8 Å². The fraction of sp³-hybridized carbons (Fsp3) is 0.517. The fourth-order valence-corrected chi connectivity index (χ4v) is 4.70. The molecule has 2 aromatic carbocycles. The Morgan fingerprint density at radius 2 is 1.49 bits per heavy atom. The normalized spacial score (nSPS) is 10.8. The van der Waals surface area contributed by atoms with Crippen LogP contribution in [-0.4, -0.2) is 36.3 Å². The first-order chi connectivity index (χ1) is 17.1. The number of hydroxylamine groups is 2. The predicted octanol–water partition coefficient (Wildman–Crippen LogP) is 7.98. The average molecular weight is 499 g/mol. The maximum atomic E-state index is 12.7. The second kappa shape index (κ2) is 17.2. The zero-order valence-corrected chi connectivity index (χ0v) is 22.5. The van der Waals surface area contributed by atoms with Gasteiger partial charge >= 0.3 is 0 Å². The number of carbonyl (C=O) groups excluding carboxylic acids is 2. The van der Waals surface area contributed by atoms with Gasteiger partial charge in [0, 0.05) is 28.3 Å². The molecule has 6 heteroatoms. The minimum absolute atomic E-state index is 0.191. The Bertz CT molecular complexity index is 886. The van der Waals surface area contributed by atoms with Gasteiger partial charge < -0.3 is 5.32 Å². The molecule has 5 nitrogen and oxygen atoms in total. The molecule has 0 fully saturated rings. The third kappa shape index (κ3) is 10.9. The molecule has 0 radical (unpaired) electrons. The van der Waals surface area contributed by atoms with Gasteiger partial charge in [-0.3, -0.25) is 14.4 Å². The van der Waals surface area contributed by atoms with Crippen LogP contribution >= 0.6 is 11.8 Å². The summed E-state index contributed by atoms with van der Waals surface area (Å²) in [7, 11) is 1.50. The lowest BCUT2D eigenvalue weighted by Gasteiger charge is -2.19. The zero-order valence-electron chi connectivity index (χ0n) is 21.7. The van der Waals surface area contributed by atoms with Gasteiger partial charge in [-0.05, 0) is 61.1 Å². The number of hydrogen-bond donors (Lipinski definition) is 1. The number of nitrogens with zero attached hydrogens (tertiary/aromatic N) is 1. The van der Waals surface area contributed by atoms with Gasteiger partial charge in [0.25, 0.3) is 11.8 Å². The second-order valence-electron chi connectivity index (χ2n) is 8.83. The van der Waals surface area contributed by atoms with Crippen LogP contribution in [0.1, 0.15) is 98.8 Å². The molecular formula is C29H42N2O3S. The van der Waals surface area contributed by atoms with E-state index in [0.29, 0.717) is 23.4 Å². The van der Waals surface area contributed by atoms with Gasteiger partial charge in [0.1, 0.15) is 0 Å². The van der Waals surface area contributed by atoms with E-state index in [1.165, 1.54) is 68.4 Å². The van der Waals surface area contributed by atoms with Crippen molar-refractivity contribution in [1.29, 1.82) is 0 Å². The van der Waals surface area contributed by atoms with Gasteiger partial charge in [-0.15, -0.1) is 11.8 Å². The van der Waals surface area contributed by atoms with E-state index in [1.54, 1.807) is 24.3 Å². The van der Waals surface area contributed by atoms with Gasteiger partial charge in [0.2, 0.25) is 0 Å². The van der Waals surface area contributed by atoms with Crippen molar-refractivity contribution in [3.63, 3.8) is 0 Å². The minimum atomic E-state index is -0.213. The van der Waals surface area contributed by atoms with Gasteiger partial charge in [-0.1, -0.05) is 71.3 Å². The van der Waals surface area contributed by atoms with Crippen LogP contribution in [0.15, 0.2) is 53.4 Å². The molecule has 35 heavy (non-hydrogen) atoms. The molecule has 0 heterocycles. The highest BCUT2D eigenvalue weighted by atomic mass is 32.2. The van der Waals surface area contributed by atoms with Crippen LogP contribution in [0, 0.1) is 0 Å².